The third kappa shape index (κ3) is 0.713. The summed E-state index contributed by atoms with van der Waals surface area (Å²) in [6.45, 7) is 8.23. The average molecular weight is 168 g/mol. The summed E-state index contributed by atoms with van der Waals surface area (Å²) in [5.41, 5.74) is 5.52. The minimum atomic E-state index is 0.577. The van der Waals surface area contributed by atoms with E-state index in [1.807, 2.05) is 0 Å². The Morgan fingerprint density at radius 3 is 1.85 bits per heavy atom. The van der Waals surface area contributed by atoms with Crippen LogP contribution in [0.3, 0.4) is 0 Å². The van der Waals surface area contributed by atoms with Crippen molar-refractivity contribution in [2.24, 2.45) is 0 Å². The molecule has 0 heteroatoms. The molecule has 0 nitrogen and oxygen atoms in total. The van der Waals surface area contributed by atoms with Crippen molar-refractivity contribution in [3.63, 3.8) is 0 Å². The largest absolute Gasteiger partial charge is 0.0949 e. The number of fused-ring (bicyclic) bond motifs is 5. The van der Waals surface area contributed by atoms with E-state index in [2.05, 4.69) is 37.4 Å². The summed E-state index contributed by atoms with van der Waals surface area (Å²) in [5, 5.41) is 0. The van der Waals surface area contributed by atoms with Crippen LogP contribution in [-0.4, -0.2) is 0 Å². The molecule has 0 aliphatic heterocycles. The van der Waals surface area contributed by atoms with Gasteiger partial charge in [0.1, 0.15) is 0 Å². The molecule has 2 aliphatic rings. The van der Waals surface area contributed by atoms with Crippen molar-refractivity contribution in [1.29, 1.82) is 0 Å². The van der Waals surface area contributed by atoms with E-state index >= 15 is 0 Å². The molecule has 1 saturated carbocycles. The van der Waals surface area contributed by atoms with Crippen molar-refractivity contribution >= 4 is 0 Å². The lowest BCUT2D eigenvalue weighted by Crippen LogP contribution is -2.01. The molecule has 0 spiro atoms. The number of rotatable bonds is 0. The summed E-state index contributed by atoms with van der Waals surface area (Å²) >= 11 is 0. The molecule has 13 heavy (non-hydrogen) atoms. The van der Waals surface area contributed by atoms with Gasteiger partial charge in [-0.1, -0.05) is 37.4 Å². The van der Waals surface area contributed by atoms with Crippen LogP contribution in [0.25, 0.3) is 0 Å². The van der Waals surface area contributed by atoms with E-state index in [0.717, 1.165) is 0 Å². The van der Waals surface area contributed by atoms with E-state index < -0.39 is 0 Å². The average Bonchev–Trinajstić information content (AvgIpc) is 2.66. The number of allylic oxidation sites excluding steroid dienone is 2. The van der Waals surface area contributed by atoms with Gasteiger partial charge in [0.15, 0.2) is 0 Å². The minimum absolute atomic E-state index is 0.577. The Balaban J connectivity index is 2.27. The molecule has 0 heterocycles. The predicted octanol–water partition coefficient (Wildman–Crippen LogP) is 3.38. The number of benzene rings is 1. The molecule has 1 aromatic carbocycles. The highest BCUT2D eigenvalue weighted by Crippen LogP contribution is 2.57. The smallest absolute Gasteiger partial charge is 0.00981 e. The van der Waals surface area contributed by atoms with E-state index in [0.29, 0.717) is 11.8 Å². The van der Waals surface area contributed by atoms with Gasteiger partial charge in [-0.3, -0.25) is 0 Å². The van der Waals surface area contributed by atoms with Crippen molar-refractivity contribution in [2.75, 3.05) is 0 Å². The minimum Gasteiger partial charge on any atom is -0.0949 e. The maximum atomic E-state index is 4.12. The van der Waals surface area contributed by atoms with Crippen LogP contribution in [0, 0.1) is 0 Å². The molecule has 2 unspecified atom stereocenters. The summed E-state index contributed by atoms with van der Waals surface area (Å²) in [6.07, 6.45) is 1.22. The van der Waals surface area contributed by atoms with Crippen LogP contribution in [0.5, 0.6) is 0 Å². The summed E-state index contributed by atoms with van der Waals surface area (Å²) in [6, 6.07) is 8.71. The van der Waals surface area contributed by atoms with Gasteiger partial charge in [-0.05, 0) is 28.7 Å². The highest BCUT2D eigenvalue weighted by atomic mass is 14.4. The van der Waals surface area contributed by atoms with Crippen molar-refractivity contribution in [3.8, 4) is 0 Å². The second kappa shape index (κ2) is 2.14. The van der Waals surface area contributed by atoms with Crippen molar-refractivity contribution in [3.05, 3.63) is 59.7 Å². The third-order valence-corrected chi connectivity index (χ3v) is 3.47. The molecule has 2 bridgehead atoms. The molecule has 1 aromatic rings. The standard InChI is InChI=1S/C13H12/c1-8-9(2)13-7-12(8)10-5-3-4-6-11(10)13/h3-6,12-13H,1-2,7H2. The van der Waals surface area contributed by atoms with Gasteiger partial charge in [0.05, 0.1) is 0 Å². The SMILES string of the molecule is C=C1C(=C)C2CC1c1ccccc12. The fraction of sp³-hybridized carbons (Fsp3) is 0.231. The molecule has 0 aromatic heterocycles. The van der Waals surface area contributed by atoms with Crippen molar-refractivity contribution < 1.29 is 0 Å². The van der Waals surface area contributed by atoms with E-state index in [-0.39, 0.29) is 0 Å². The van der Waals surface area contributed by atoms with E-state index in [4.69, 9.17) is 0 Å². The molecular formula is C13H12. The molecule has 0 amide bonds. The second-order valence-electron chi connectivity index (χ2n) is 4.02. The Hall–Kier alpha value is -1.30. The molecule has 2 atom stereocenters. The Kier molecular flexibility index (Phi) is 1.17. The predicted molar refractivity (Wildman–Crippen MR) is 54.8 cm³/mol. The van der Waals surface area contributed by atoms with Crippen molar-refractivity contribution in [1.82, 2.24) is 0 Å². The van der Waals surface area contributed by atoms with E-state index in [9.17, 15) is 0 Å². The van der Waals surface area contributed by atoms with Crippen LogP contribution in [0.1, 0.15) is 29.4 Å². The zero-order valence-electron chi connectivity index (χ0n) is 7.59. The Bertz CT molecular complexity index is 373. The van der Waals surface area contributed by atoms with Gasteiger partial charge < -0.3 is 0 Å². The first-order valence-corrected chi connectivity index (χ1v) is 4.76. The first-order valence-electron chi connectivity index (χ1n) is 4.76. The molecule has 3 rings (SSSR count). The van der Waals surface area contributed by atoms with E-state index in [1.165, 1.54) is 28.7 Å². The van der Waals surface area contributed by atoms with Crippen LogP contribution in [0.2, 0.25) is 0 Å². The van der Waals surface area contributed by atoms with Gasteiger partial charge in [-0.15, -0.1) is 0 Å². The van der Waals surface area contributed by atoms with Crippen LogP contribution in [0.4, 0.5) is 0 Å². The molecule has 0 N–H and O–H groups in total. The lowest BCUT2D eigenvalue weighted by molar-refractivity contribution is 0.809. The summed E-state index contributed by atoms with van der Waals surface area (Å²) in [5.74, 6) is 1.15. The normalized spacial score (nSPS) is 29.5. The van der Waals surface area contributed by atoms with Gasteiger partial charge in [-0.2, -0.15) is 0 Å². The van der Waals surface area contributed by atoms with Gasteiger partial charge in [0.25, 0.3) is 0 Å². The molecule has 2 aliphatic carbocycles. The quantitative estimate of drug-likeness (QED) is 0.557. The number of hydrogen-bond donors (Lipinski definition) is 0. The molecular weight excluding hydrogens is 156 g/mol. The van der Waals surface area contributed by atoms with Crippen LogP contribution in [-0.2, 0) is 0 Å². The Labute approximate surface area is 78.6 Å². The Morgan fingerprint density at radius 1 is 0.923 bits per heavy atom. The van der Waals surface area contributed by atoms with Crippen LogP contribution < -0.4 is 0 Å². The second-order valence-corrected chi connectivity index (χ2v) is 4.02. The lowest BCUT2D eigenvalue weighted by Gasteiger charge is -2.18. The zero-order chi connectivity index (χ0) is 9.00. The molecule has 0 saturated heterocycles. The van der Waals surface area contributed by atoms with Gasteiger partial charge in [0.2, 0.25) is 0 Å². The molecule has 0 radical (unpaired) electrons. The summed E-state index contributed by atoms with van der Waals surface area (Å²) < 4.78 is 0. The summed E-state index contributed by atoms with van der Waals surface area (Å²) in [7, 11) is 0. The maximum absolute atomic E-state index is 4.12. The van der Waals surface area contributed by atoms with Gasteiger partial charge >= 0.3 is 0 Å². The van der Waals surface area contributed by atoms with E-state index in [1.54, 1.807) is 0 Å². The first kappa shape index (κ1) is 7.14. The maximum Gasteiger partial charge on any atom is 0.00981 e. The van der Waals surface area contributed by atoms with Crippen molar-refractivity contribution in [2.45, 2.75) is 18.3 Å². The molecule has 1 fully saturated rings. The first-order chi connectivity index (χ1) is 6.29. The fourth-order valence-corrected chi connectivity index (χ4v) is 2.74. The topological polar surface area (TPSA) is 0 Å². The summed E-state index contributed by atoms with van der Waals surface area (Å²) in [4.78, 5) is 0. The number of hydrogen-bond acceptors (Lipinski definition) is 0. The van der Waals surface area contributed by atoms with Crippen LogP contribution in [0.15, 0.2) is 48.6 Å². The van der Waals surface area contributed by atoms with Gasteiger partial charge in [0, 0.05) is 11.8 Å². The zero-order valence-corrected chi connectivity index (χ0v) is 7.59. The monoisotopic (exact) mass is 168 g/mol. The molecule has 64 valence electrons. The highest BCUT2D eigenvalue weighted by molar-refractivity contribution is 5.59. The van der Waals surface area contributed by atoms with Gasteiger partial charge in [-0.25, -0.2) is 0 Å². The third-order valence-electron chi connectivity index (χ3n) is 3.47. The fourth-order valence-electron chi connectivity index (χ4n) is 2.74. The lowest BCUT2D eigenvalue weighted by atomic mass is 9.86. The Morgan fingerprint density at radius 2 is 1.38 bits per heavy atom. The highest BCUT2D eigenvalue weighted by Gasteiger charge is 2.41. The van der Waals surface area contributed by atoms with Crippen LogP contribution >= 0.6 is 0 Å².